The van der Waals surface area contributed by atoms with Gasteiger partial charge in [0.15, 0.2) is 11.5 Å². The quantitative estimate of drug-likeness (QED) is 0.444. The molecule has 0 unspecified atom stereocenters. The van der Waals surface area contributed by atoms with E-state index < -0.39 is 28.9 Å². The number of aromatic nitrogens is 2. The second-order valence-corrected chi connectivity index (χ2v) is 5.97. The van der Waals surface area contributed by atoms with Crippen molar-refractivity contribution >= 4 is 11.6 Å². The van der Waals surface area contributed by atoms with Gasteiger partial charge in [-0.1, -0.05) is 18.2 Å². The Labute approximate surface area is 169 Å². The molecular formula is C19H16F2N4O5. The molecule has 1 amide bonds. The topological polar surface area (TPSA) is 109 Å². The number of alkyl halides is 2. The molecule has 0 saturated carbocycles. The fourth-order valence-corrected chi connectivity index (χ4v) is 2.68. The van der Waals surface area contributed by atoms with Crippen LogP contribution in [0.25, 0.3) is 5.69 Å². The van der Waals surface area contributed by atoms with E-state index in [1.807, 2.05) is 30.3 Å². The molecule has 9 nitrogen and oxygen atoms in total. The fraction of sp³-hybridized carbons (Fsp3) is 0.158. The number of hydrogen-bond acceptors (Lipinski definition) is 6. The Balaban J connectivity index is 1.79. The number of hydrogen-bond donors (Lipinski definition) is 1. The van der Waals surface area contributed by atoms with Gasteiger partial charge in [0.05, 0.1) is 30.0 Å². The summed E-state index contributed by atoms with van der Waals surface area (Å²) >= 11 is 0. The van der Waals surface area contributed by atoms with Crippen molar-refractivity contribution in [1.82, 2.24) is 15.1 Å². The number of nitrogens with one attached hydrogen (secondary N) is 1. The van der Waals surface area contributed by atoms with Gasteiger partial charge in [-0.15, -0.1) is 0 Å². The first kappa shape index (κ1) is 20.7. The van der Waals surface area contributed by atoms with Crippen molar-refractivity contribution in [2.24, 2.45) is 0 Å². The van der Waals surface area contributed by atoms with Crippen molar-refractivity contribution in [2.45, 2.75) is 13.2 Å². The lowest BCUT2D eigenvalue weighted by Gasteiger charge is -2.12. The number of para-hydroxylation sites is 1. The molecule has 1 N–H and O–H groups in total. The summed E-state index contributed by atoms with van der Waals surface area (Å²) in [7, 11) is 1.17. The van der Waals surface area contributed by atoms with Crippen LogP contribution in [0.15, 0.2) is 54.9 Å². The SMILES string of the molecule is COc1cc(C(=O)NCc2cnn(-c3ccccc3)c2)c([N+](=O)[O-])cc1OC(F)F. The van der Waals surface area contributed by atoms with E-state index in [4.69, 9.17) is 4.74 Å². The largest absolute Gasteiger partial charge is 0.493 e. The van der Waals surface area contributed by atoms with Crippen LogP contribution in [0.2, 0.25) is 0 Å². The molecule has 0 atom stereocenters. The molecule has 3 aromatic rings. The van der Waals surface area contributed by atoms with E-state index in [9.17, 15) is 23.7 Å². The van der Waals surface area contributed by atoms with Crippen LogP contribution in [0.5, 0.6) is 11.5 Å². The summed E-state index contributed by atoms with van der Waals surface area (Å²) in [6, 6.07) is 11.0. The minimum absolute atomic E-state index is 0.0421. The average molecular weight is 418 g/mol. The molecule has 30 heavy (non-hydrogen) atoms. The van der Waals surface area contributed by atoms with Crippen molar-refractivity contribution < 1.29 is 28.0 Å². The van der Waals surface area contributed by atoms with Crippen LogP contribution in [0.3, 0.4) is 0 Å². The molecule has 1 heterocycles. The van der Waals surface area contributed by atoms with Gasteiger partial charge in [0.1, 0.15) is 5.56 Å². The summed E-state index contributed by atoms with van der Waals surface area (Å²) in [6.07, 6.45) is 3.24. The van der Waals surface area contributed by atoms with E-state index in [0.29, 0.717) is 5.56 Å². The first-order chi connectivity index (χ1) is 14.4. The predicted molar refractivity (Wildman–Crippen MR) is 101 cm³/mol. The molecule has 0 radical (unpaired) electrons. The van der Waals surface area contributed by atoms with Crippen molar-refractivity contribution in [1.29, 1.82) is 0 Å². The summed E-state index contributed by atoms with van der Waals surface area (Å²) in [5.74, 6) is -1.56. The minimum atomic E-state index is -3.21. The molecular weight excluding hydrogens is 402 g/mol. The van der Waals surface area contributed by atoms with Gasteiger partial charge < -0.3 is 14.8 Å². The van der Waals surface area contributed by atoms with Crippen molar-refractivity contribution in [3.8, 4) is 17.2 Å². The standard InChI is InChI=1S/C19H16F2N4O5/c1-29-16-7-14(15(25(27)28)8-17(16)30-19(20)21)18(26)22-9-12-10-23-24(11-12)13-5-3-2-4-6-13/h2-8,10-11,19H,9H2,1H3,(H,22,26). The van der Waals surface area contributed by atoms with E-state index in [1.54, 1.807) is 17.1 Å². The maximum absolute atomic E-state index is 12.5. The summed E-state index contributed by atoms with van der Waals surface area (Å²) in [4.78, 5) is 23.0. The molecule has 0 spiro atoms. The number of nitro benzene ring substituents is 1. The number of amides is 1. The Kier molecular flexibility index (Phi) is 6.20. The Hall–Kier alpha value is -4.02. The number of methoxy groups -OCH3 is 1. The second kappa shape index (κ2) is 8.99. The third-order valence-corrected chi connectivity index (χ3v) is 4.05. The van der Waals surface area contributed by atoms with Gasteiger partial charge in [-0.2, -0.15) is 13.9 Å². The molecule has 2 aromatic carbocycles. The number of ether oxygens (including phenoxy) is 2. The Morgan fingerprint density at radius 1 is 1.27 bits per heavy atom. The number of nitrogens with zero attached hydrogens (tertiary/aromatic N) is 3. The lowest BCUT2D eigenvalue weighted by atomic mass is 10.1. The van der Waals surface area contributed by atoms with E-state index in [1.165, 1.54) is 7.11 Å². The smallest absolute Gasteiger partial charge is 0.387 e. The average Bonchev–Trinajstić information content (AvgIpc) is 3.21. The zero-order chi connectivity index (χ0) is 21.7. The Morgan fingerprint density at radius 3 is 2.63 bits per heavy atom. The highest BCUT2D eigenvalue weighted by Gasteiger charge is 2.26. The zero-order valence-electron chi connectivity index (χ0n) is 15.6. The lowest BCUT2D eigenvalue weighted by Crippen LogP contribution is -2.23. The monoisotopic (exact) mass is 418 g/mol. The normalized spacial score (nSPS) is 10.7. The van der Waals surface area contributed by atoms with E-state index in [0.717, 1.165) is 17.8 Å². The maximum atomic E-state index is 12.5. The summed E-state index contributed by atoms with van der Waals surface area (Å²) in [6.45, 7) is -3.17. The molecule has 0 aliphatic rings. The Morgan fingerprint density at radius 2 is 2.00 bits per heavy atom. The van der Waals surface area contributed by atoms with Gasteiger partial charge in [0.2, 0.25) is 0 Å². The first-order valence-corrected chi connectivity index (χ1v) is 8.57. The molecule has 156 valence electrons. The third-order valence-electron chi connectivity index (χ3n) is 4.05. The lowest BCUT2D eigenvalue weighted by molar-refractivity contribution is -0.385. The van der Waals surface area contributed by atoms with E-state index in [2.05, 4.69) is 15.2 Å². The van der Waals surface area contributed by atoms with Gasteiger partial charge in [-0.3, -0.25) is 14.9 Å². The number of carbonyl (C=O) groups excluding carboxylic acids is 1. The highest BCUT2D eigenvalue weighted by molar-refractivity contribution is 5.99. The maximum Gasteiger partial charge on any atom is 0.387 e. The molecule has 0 aliphatic heterocycles. The van der Waals surface area contributed by atoms with Crippen LogP contribution < -0.4 is 14.8 Å². The first-order valence-electron chi connectivity index (χ1n) is 8.57. The van der Waals surface area contributed by atoms with Crippen molar-refractivity contribution in [3.63, 3.8) is 0 Å². The number of carbonyl (C=O) groups is 1. The third kappa shape index (κ3) is 4.69. The molecule has 11 heteroatoms. The number of rotatable bonds is 8. The van der Waals surface area contributed by atoms with Gasteiger partial charge in [0, 0.05) is 24.4 Å². The van der Waals surface area contributed by atoms with Crippen LogP contribution in [0, 0.1) is 10.1 Å². The molecule has 1 aromatic heterocycles. The predicted octanol–water partition coefficient (Wildman–Crippen LogP) is 3.32. The minimum Gasteiger partial charge on any atom is -0.493 e. The van der Waals surface area contributed by atoms with Crippen LogP contribution in [-0.4, -0.2) is 34.3 Å². The van der Waals surface area contributed by atoms with Gasteiger partial charge in [-0.05, 0) is 12.1 Å². The highest BCUT2D eigenvalue weighted by atomic mass is 19.3. The van der Waals surface area contributed by atoms with Gasteiger partial charge >= 0.3 is 6.61 Å². The summed E-state index contributed by atoms with van der Waals surface area (Å²) in [5, 5.41) is 18.1. The van der Waals surface area contributed by atoms with Crippen molar-refractivity contribution in [2.75, 3.05) is 7.11 Å². The fourth-order valence-electron chi connectivity index (χ4n) is 2.68. The van der Waals surface area contributed by atoms with E-state index in [-0.39, 0.29) is 17.9 Å². The highest BCUT2D eigenvalue weighted by Crippen LogP contribution is 2.35. The molecule has 0 fully saturated rings. The molecule has 0 bridgehead atoms. The molecule has 0 saturated heterocycles. The van der Waals surface area contributed by atoms with Crippen LogP contribution in [-0.2, 0) is 6.54 Å². The number of benzene rings is 2. The van der Waals surface area contributed by atoms with Crippen LogP contribution in [0.4, 0.5) is 14.5 Å². The second-order valence-electron chi connectivity index (χ2n) is 5.97. The number of nitro groups is 1. The molecule has 0 aliphatic carbocycles. The zero-order valence-corrected chi connectivity index (χ0v) is 15.6. The molecule has 3 rings (SSSR count). The summed E-state index contributed by atoms with van der Waals surface area (Å²) < 4.78 is 35.8. The Bertz CT molecular complexity index is 1060. The van der Waals surface area contributed by atoms with Crippen molar-refractivity contribution in [3.05, 3.63) is 76.1 Å². The van der Waals surface area contributed by atoms with E-state index >= 15 is 0 Å². The van der Waals surface area contributed by atoms with Crippen LogP contribution >= 0.6 is 0 Å². The van der Waals surface area contributed by atoms with Gasteiger partial charge in [-0.25, -0.2) is 4.68 Å². The number of halogens is 2. The van der Waals surface area contributed by atoms with Crippen LogP contribution in [0.1, 0.15) is 15.9 Å². The van der Waals surface area contributed by atoms with Gasteiger partial charge in [0.25, 0.3) is 11.6 Å². The summed E-state index contributed by atoms with van der Waals surface area (Å²) in [5.41, 5.74) is 0.433.